The highest BCUT2D eigenvalue weighted by Crippen LogP contribution is 2.74. The zero-order chi connectivity index (χ0) is 33.9. The number of nitrogens with zero attached hydrogens (tertiary/aromatic N) is 2. The zero-order valence-corrected chi connectivity index (χ0v) is 29.2. The van der Waals surface area contributed by atoms with Crippen molar-refractivity contribution in [2.24, 2.45) is 52.8 Å². The molecule has 4 aliphatic heterocycles. The van der Waals surface area contributed by atoms with E-state index in [0.29, 0.717) is 25.9 Å². The second kappa shape index (κ2) is 11.7. The topological polar surface area (TPSA) is 117 Å². The molecule has 0 aromatic heterocycles. The van der Waals surface area contributed by atoms with E-state index in [4.69, 9.17) is 9.47 Å². The lowest BCUT2D eigenvalue weighted by molar-refractivity contribution is -0.205. The van der Waals surface area contributed by atoms with Gasteiger partial charge in [0.25, 0.3) is 0 Å². The van der Waals surface area contributed by atoms with E-state index in [-0.39, 0.29) is 72.5 Å². The lowest BCUT2D eigenvalue weighted by Gasteiger charge is -2.48. The van der Waals surface area contributed by atoms with Gasteiger partial charge in [0.1, 0.15) is 29.2 Å². The Kier molecular flexibility index (Phi) is 7.85. The van der Waals surface area contributed by atoms with Crippen molar-refractivity contribution in [1.82, 2.24) is 9.80 Å². The Morgan fingerprint density at radius 1 is 0.694 bits per heavy atom. The number of esters is 2. The van der Waals surface area contributed by atoms with Crippen molar-refractivity contribution in [2.75, 3.05) is 39.3 Å². The molecule has 9 heteroatoms. The van der Waals surface area contributed by atoms with Crippen LogP contribution in [0.2, 0.25) is 0 Å². The van der Waals surface area contributed by atoms with E-state index in [2.05, 4.69) is 23.0 Å². The average molecular weight is 677 g/mol. The third-order valence-corrected chi connectivity index (χ3v) is 15.9. The Labute approximate surface area is 290 Å². The van der Waals surface area contributed by atoms with Gasteiger partial charge in [0.15, 0.2) is 0 Å². The number of hydrogen-bond donors (Lipinski definition) is 2. The number of aliphatic hydroxyl groups is 2. The molecule has 9 nitrogen and oxygen atoms in total. The van der Waals surface area contributed by atoms with Crippen molar-refractivity contribution in [3.63, 3.8) is 0 Å². The molecule has 0 aromatic carbocycles. The molecule has 13 atom stereocenters. The van der Waals surface area contributed by atoms with E-state index in [0.717, 1.165) is 82.3 Å². The van der Waals surface area contributed by atoms with Crippen LogP contribution in [0.3, 0.4) is 0 Å². The summed E-state index contributed by atoms with van der Waals surface area (Å²) < 4.78 is 12.7. The van der Waals surface area contributed by atoms with E-state index in [1.54, 1.807) is 0 Å². The van der Waals surface area contributed by atoms with Gasteiger partial charge in [-0.3, -0.25) is 14.4 Å². The monoisotopic (exact) mass is 676 g/mol. The number of fused-ring (bicyclic) bond motifs is 10. The molecule has 2 N–H and O–H groups in total. The number of ketones is 1. The second-order valence-electron chi connectivity index (χ2n) is 17.8. The van der Waals surface area contributed by atoms with E-state index in [1.165, 1.54) is 12.8 Å². The summed E-state index contributed by atoms with van der Waals surface area (Å²) in [6, 6.07) is 0. The van der Waals surface area contributed by atoms with E-state index < -0.39 is 40.7 Å². The van der Waals surface area contributed by atoms with E-state index in [1.807, 2.05) is 0 Å². The quantitative estimate of drug-likeness (QED) is 0.336. The first-order valence-corrected chi connectivity index (χ1v) is 19.8. The summed E-state index contributed by atoms with van der Waals surface area (Å²) >= 11 is 0. The Hall–Kier alpha value is -2.07. The molecule has 1 spiro atoms. The first-order chi connectivity index (χ1) is 23.6. The van der Waals surface area contributed by atoms with Crippen LogP contribution < -0.4 is 0 Å². The lowest BCUT2D eigenvalue weighted by atomic mass is 9.59. The predicted octanol–water partition coefficient (Wildman–Crippen LogP) is 4.06. The van der Waals surface area contributed by atoms with Crippen molar-refractivity contribution >= 4 is 17.7 Å². The minimum atomic E-state index is -1.75. The van der Waals surface area contributed by atoms with Gasteiger partial charge in [0.05, 0.1) is 17.3 Å². The molecule has 9 rings (SSSR count). The first-order valence-electron chi connectivity index (χ1n) is 19.8. The Morgan fingerprint density at radius 3 is 1.76 bits per heavy atom. The van der Waals surface area contributed by atoms with Gasteiger partial charge in [-0.25, -0.2) is 0 Å². The summed E-state index contributed by atoms with van der Waals surface area (Å²) in [7, 11) is 0. The number of Topliss-reactive ketones (excluding diaryl/α,β-unsaturated/α-hetero) is 1. The van der Waals surface area contributed by atoms with Gasteiger partial charge < -0.3 is 29.5 Å². The van der Waals surface area contributed by atoms with Gasteiger partial charge in [0.2, 0.25) is 0 Å². The van der Waals surface area contributed by atoms with Crippen LogP contribution in [0.1, 0.15) is 89.9 Å². The van der Waals surface area contributed by atoms with Crippen LogP contribution in [0, 0.1) is 52.8 Å². The number of allylic oxidation sites excluding steroid dienone is 2. The van der Waals surface area contributed by atoms with Gasteiger partial charge in [-0.05, 0) is 109 Å². The number of piperidine rings is 2. The molecule has 9 fully saturated rings. The van der Waals surface area contributed by atoms with Gasteiger partial charge in [-0.1, -0.05) is 37.1 Å². The summed E-state index contributed by atoms with van der Waals surface area (Å²) in [4.78, 5) is 46.9. The maximum absolute atomic E-state index is 14.7. The molecule has 9 aliphatic rings. The van der Waals surface area contributed by atoms with Crippen molar-refractivity contribution in [3.8, 4) is 0 Å². The molecular weight excluding hydrogens is 620 g/mol. The molecule has 2 unspecified atom stereocenters. The molecule has 0 amide bonds. The van der Waals surface area contributed by atoms with Crippen molar-refractivity contribution < 1.29 is 34.1 Å². The maximum atomic E-state index is 14.7. The summed E-state index contributed by atoms with van der Waals surface area (Å²) in [6.45, 7) is 14.3. The van der Waals surface area contributed by atoms with Gasteiger partial charge in [0, 0.05) is 43.2 Å². The standard InChI is InChI=1S/C40H56N2O7/c1-23-9-11-25-29(21-41-15-5-3-6-16-41)36(44)48-34(25)32-27(23)19-31(43)38(32)13-14-39(46)33-28(20-40(38,39)47)24(2)10-12-26-30(37(45)49-35(26)33)22-42-17-7-4-8-18-42/h25-30,32-35,46-47H,1-22H2/t25-,26-,27-,28-,29?,30?,32-,33-,34-,35-,38+,39-,40-/m0/s1. The molecule has 5 aliphatic carbocycles. The number of hydrogen-bond acceptors (Lipinski definition) is 9. The molecule has 0 radical (unpaired) electrons. The average Bonchev–Trinajstić information content (AvgIpc) is 3.75. The highest BCUT2D eigenvalue weighted by Gasteiger charge is 2.83. The molecule has 4 heterocycles. The normalized spacial score (nSPS) is 50.0. The maximum Gasteiger partial charge on any atom is 0.310 e. The molecule has 0 aromatic rings. The van der Waals surface area contributed by atoms with Crippen LogP contribution in [0.25, 0.3) is 0 Å². The summed E-state index contributed by atoms with van der Waals surface area (Å²) in [5.41, 5.74) is -2.64. The molecule has 4 saturated heterocycles. The number of ether oxygens (including phenoxy) is 2. The molecule has 268 valence electrons. The van der Waals surface area contributed by atoms with Gasteiger partial charge in [-0.2, -0.15) is 0 Å². The molecule has 5 saturated carbocycles. The molecule has 49 heavy (non-hydrogen) atoms. The smallest absolute Gasteiger partial charge is 0.310 e. The van der Waals surface area contributed by atoms with Crippen LogP contribution in [0.15, 0.2) is 24.3 Å². The third kappa shape index (κ3) is 4.53. The second-order valence-corrected chi connectivity index (χ2v) is 17.8. The number of carbonyl (C=O) groups excluding carboxylic acids is 3. The van der Waals surface area contributed by atoms with Crippen molar-refractivity contribution in [3.05, 3.63) is 24.3 Å². The van der Waals surface area contributed by atoms with E-state index >= 15 is 0 Å². The predicted molar refractivity (Wildman–Crippen MR) is 181 cm³/mol. The lowest BCUT2D eigenvalue weighted by Crippen LogP contribution is -2.63. The summed E-state index contributed by atoms with van der Waals surface area (Å²) in [6.07, 6.45) is 10.1. The largest absolute Gasteiger partial charge is 0.461 e. The SMILES string of the molecule is C=C1CC[C@H]2C(CN3CCCCC3)C(=O)O[C@@H]2[C@@H]2[C@H]1C[C@@]1(O)[C@]2(O)CC[C@]12C(=O)C[C@H]1C(=C)CC[C@H]3C(CN4CCCCC4)C(=O)O[C@@H]3[C@H]12. The number of likely N-dealkylation sites (tertiary alicyclic amines) is 2. The minimum Gasteiger partial charge on any atom is -0.461 e. The molecular formula is C40H56N2O7. The first kappa shape index (κ1) is 32.8. The Morgan fingerprint density at radius 2 is 1.20 bits per heavy atom. The number of carbonyl (C=O) groups is 3. The Balaban J connectivity index is 1.07. The number of rotatable bonds is 4. The fraction of sp³-hybridized carbons (Fsp3) is 0.825. The highest BCUT2D eigenvalue weighted by molar-refractivity contribution is 5.91. The summed E-state index contributed by atoms with van der Waals surface area (Å²) in [5, 5.41) is 26.5. The fourth-order valence-electron chi connectivity index (χ4n) is 13.6. The highest BCUT2D eigenvalue weighted by atomic mass is 16.6. The van der Waals surface area contributed by atoms with Crippen LogP contribution in [0.5, 0.6) is 0 Å². The van der Waals surface area contributed by atoms with Crippen LogP contribution in [-0.2, 0) is 23.9 Å². The fourth-order valence-corrected chi connectivity index (χ4v) is 13.6. The molecule has 0 bridgehead atoms. The van der Waals surface area contributed by atoms with Crippen LogP contribution >= 0.6 is 0 Å². The summed E-state index contributed by atoms with van der Waals surface area (Å²) in [5.74, 6) is -2.45. The Bertz CT molecular complexity index is 1430. The van der Waals surface area contributed by atoms with Crippen molar-refractivity contribution in [1.29, 1.82) is 0 Å². The third-order valence-electron chi connectivity index (χ3n) is 15.9. The zero-order valence-electron chi connectivity index (χ0n) is 29.2. The van der Waals surface area contributed by atoms with Crippen LogP contribution in [0.4, 0.5) is 0 Å². The van der Waals surface area contributed by atoms with Gasteiger partial charge in [-0.15, -0.1) is 0 Å². The van der Waals surface area contributed by atoms with Crippen molar-refractivity contribution in [2.45, 2.75) is 113 Å². The van der Waals surface area contributed by atoms with Crippen LogP contribution in [-0.4, -0.2) is 100 Å². The van der Waals surface area contributed by atoms with Gasteiger partial charge >= 0.3 is 11.9 Å². The van der Waals surface area contributed by atoms with E-state index in [9.17, 15) is 24.6 Å². The minimum absolute atomic E-state index is 0.0248.